The van der Waals surface area contributed by atoms with Crippen molar-refractivity contribution in [2.24, 2.45) is 0 Å². The van der Waals surface area contributed by atoms with E-state index < -0.39 is 6.10 Å². The molecule has 140 valence electrons. The summed E-state index contributed by atoms with van der Waals surface area (Å²) < 4.78 is 0. The lowest BCUT2D eigenvalue weighted by Crippen LogP contribution is -2.42. The van der Waals surface area contributed by atoms with Gasteiger partial charge in [0.2, 0.25) is 11.8 Å². The van der Waals surface area contributed by atoms with E-state index in [1.54, 1.807) is 36.1 Å². The fourth-order valence-corrected chi connectivity index (χ4v) is 2.93. The highest BCUT2D eigenvalue weighted by Crippen LogP contribution is 2.20. The molecule has 0 radical (unpaired) electrons. The van der Waals surface area contributed by atoms with Gasteiger partial charge in [-0.25, -0.2) is 0 Å². The van der Waals surface area contributed by atoms with Gasteiger partial charge < -0.3 is 20.2 Å². The minimum Gasteiger partial charge on any atom is -0.391 e. The van der Waals surface area contributed by atoms with Gasteiger partial charge in [0.05, 0.1) is 17.4 Å². The molecule has 7 heteroatoms. The molecule has 0 aliphatic carbocycles. The summed E-state index contributed by atoms with van der Waals surface area (Å²) in [6, 6.07) is 6.75. The van der Waals surface area contributed by atoms with E-state index in [4.69, 9.17) is 0 Å². The van der Waals surface area contributed by atoms with Crippen LogP contribution in [-0.4, -0.2) is 64.9 Å². The van der Waals surface area contributed by atoms with E-state index in [1.165, 1.54) is 4.90 Å². The number of nitrogens with zero attached hydrogens (tertiary/aromatic N) is 2. The van der Waals surface area contributed by atoms with Crippen LogP contribution in [0, 0.1) is 0 Å². The zero-order chi connectivity index (χ0) is 19.1. The molecule has 1 atom stereocenters. The maximum atomic E-state index is 12.8. The molecule has 1 saturated heterocycles. The second-order valence-corrected chi connectivity index (χ2v) is 6.20. The molecular weight excluding hydrogens is 334 g/mol. The van der Waals surface area contributed by atoms with E-state index in [0.29, 0.717) is 37.3 Å². The standard InChI is InChI=1S/C19H25N3O4/c1-3-18(25)21(4-2)13-17(24)20-16-10-6-5-9-15(16)19(26)22-11-7-8-14(23)12-22/h3,5-6,9-10,14,23H,1,4,7-8,11-13H2,2H3,(H,20,24). The number of amides is 3. The van der Waals surface area contributed by atoms with Crippen LogP contribution < -0.4 is 5.32 Å². The summed E-state index contributed by atoms with van der Waals surface area (Å²) in [7, 11) is 0. The summed E-state index contributed by atoms with van der Waals surface area (Å²) >= 11 is 0. The number of carbonyl (C=O) groups excluding carboxylic acids is 3. The third-order valence-corrected chi connectivity index (χ3v) is 4.32. The van der Waals surface area contributed by atoms with Crippen molar-refractivity contribution in [3.05, 3.63) is 42.5 Å². The van der Waals surface area contributed by atoms with Gasteiger partial charge in [0.15, 0.2) is 0 Å². The highest BCUT2D eigenvalue weighted by molar-refractivity contribution is 6.04. The van der Waals surface area contributed by atoms with Gasteiger partial charge in [0.1, 0.15) is 6.54 Å². The lowest BCUT2D eigenvalue weighted by Gasteiger charge is -2.30. The molecule has 0 spiro atoms. The number of para-hydroxylation sites is 1. The van der Waals surface area contributed by atoms with Gasteiger partial charge in [-0.3, -0.25) is 14.4 Å². The summed E-state index contributed by atoms with van der Waals surface area (Å²) in [4.78, 5) is 39.7. The second-order valence-electron chi connectivity index (χ2n) is 6.20. The van der Waals surface area contributed by atoms with Crippen molar-refractivity contribution in [2.45, 2.75) is 25.9 Å². The molecule has 1 aliphatic heterocycles. The van der Waals surface area contributed by atoms with Crippen LogP contribution in [0.5, 0.6) is 0 Å². The Balaban J connectivity index is 2.10. The molecule has 7 nitrogen and oxygen atoms in total. The first-order chi connectivity index (χ1) is 12.5. The van der Waals surface area contributed by atoms with E-state index >= 15 is 0 Å². The first-order valence-corrected chi connectivity index (χ1v) is 8.73. The summed E-state index contributed by atoms with van der Waals surface area (Å²) in [5.74, 6) is -0.940. The van der Waals surface area contributed by atoms with Crippen molar-refractivity contribution in [3.63, 3.8) is 0 Å². The molecule has 1 aromatic rings. The number of likely N-dealkylation sites (N-methyl/N-ethyl adjacent to an activating group) is 1. The highest BCUT2D eigenvalue weighted by atomic mass is 16.3. The molecule has 3 amide bonds. The largest absolute Gasteiger partial charge is 0.391 e. The Morgan fingerprint density at radius 1 is 1.38 bits per heavy atom. The minimum absolute atomic E-state index is 0.119. The van der Waals surface area contributed by atoms with Gasteiger partial charge in [-0.2, -0.15) is 0 Å². The maximum Gasteiger partial charge on any atom is 0.256 e. The number of rotatable bonds is 6. The van der Waals surface area contributed by atoms with Crippen molar-refractivity contribution in [3.8, 4) is 0 Å². The van der Waals surface area contributed by atoms with Crippen LogP contribution in [0.25, 0.3) is 0 Å². The van der Waals surface area contributed by atoms with E-state index in [2.05, 4.69) is 11.9 Å². The van der Waals surface area contributed by atoms with Crippen LogP contribution >= 0.6 is 0 Å². The topological polar surface area (TPSA) is 90.0 Å². The first-order valence-electron chi connectivity index (χ1n) is 8.73. The monoisotopic (exact) mass is 359 g/mol. The number of anilines is 1. The summed E-state index contributed by atoms with van der Waals surface area (Å²) in [6.07, 6.45) is 2.08. The lowest BCUT2D eigenvalue weighted by molar-refractivity contribution is -0.130. The number of benzene rings is 1. The Kier molecular flexibility index (Phi) is 6.91. The molecule has 1 heterocycles. The second kappa shape index (κ2) is 9.15. The van der Waals surface area contributed by atoms with Crippen molar-refractivity contribution in [2.75, 3.05) is 31.5 Å². The zero-order valence-corrected chi connectivity index (χ0v) is 15.0. The summed E-state index contributed by atoms with van der Waals surface area (Å²) in [6.45, 7) is 6.32. The lowest BCUT2D eigenvalue weighted by atomic mass is 10.1. The van der Waals surface area contributed by atoms with E-state index in [0.717, 1.165) is 12.5 Å². The van der Waals surface area contributed by atoms with Crippen LogP contribution in [0.15, 0.2) is 36.9 Å². The number of aliphatic hydroxyl groups excluding tert-OH is 1. The van der Waals surface area contributed by atoms with Gasteiger partial charge in [-0.05, 0) is 38.0 Å². The number of hydrogen-bond acceptors (Lipinski definition) is 4. The highest BCUT2D eigenvalue weighted by Gasteiger charge is 2.25. The molecule has 1 fully saturated rings. The SMILES string of the molecule is C=CC(=O)N(CC)CC(=O)Nc1ccccc1C(=O)N1CCCC(O)C1. The van der Waals surface area contributed by atoms with Crippen LogP contribution in [0.2, 0.25) is 0 Å². The number of likely N-dealkylation sites (tertiary alicyclic amines) is 1. The van der Waals surface area contributed by atoms with Gasteiger partial charge >= 0.3 is 0 Å². The van der Waals surface area contributed by atoms with Gasteiger partial charge in [-0.15, -0.1) is 0 Å². The van der Waals surface area contributed by atoms with Crippen LogP contribution in [0.3, 0.4) is 0 Å². The Morgan fingerprint density at radius 2 is 2.12 bits per heavy atom. The van der Waals surface area contributed by atoms with Crippen molar-refractivity contribution in [1.29, 1.82) is 0 Å². The fraction of sp³-hybridized carbons (Fsp3) is 0.421. The summed E-state index contributed by atoms with van der Waals surface area (Å²) in [5, 5.41) is 12.5. The number of piperidine rings is 1. The molecule has 2 N–H and O–H groups in total. The molecule has 26 heavy (non-hydrogen) atoms. The van der Waals surface area contributed by atoms with Gasteiger partial charge in [-0.1, -0.05) is 18.7 Å². The van der Waals surface area contributed by atoms with E-state index in [-0.39, 0.29) is 24.3 Å². The molecule has 1 aromatic carbocycles. The third kappa shape index (κ3) is 4.92. The number of β-amino-alcohol motifs (C(OH)–C–C–N with tert-alkyl or cyclic N) is 1. The number of carbonyl (C=O) groups is 3. The third-order valence-electron chi connectivity index (χ3n) is 4.32. The van der Waals surface area contributed by atoms with Gasteiger partial charge in [0.25, 0.3) is 5.91 Å². The maximum absolute atomic E-state index is 12.8. The average Bonchev–Trinajstić information content (AvgIpc) is 2.65. The average molecular weight is 359 g/mol. The number of aliphatic hydroxyl groups is 1. The molecular formula is C19H25N3O4. The zero-order valence-electron chi connectivity index (χ0n) is 15.0. The van der Waals surface area contributed by atoms with Crippen LogP contribution in [0.1, 0.15) is 30.1 Å². The Bertz CT molecular complexity index is 689. The molecule has 0 aromatic heterocycles. The van der Waals surface area contributed by atoms with Crippen molar-refractivity contribution < 1.29 is 19.5 Å². The number of hydrogen-bond donors (Lipinski definition) is 2. The molecule has 0 saturated carbocycles. The van der Waals surface area contributed by atoms with E-state index in [1.807, 2.05) is 0 Å². The molecule has 0 bridgehead atoms. The van der Waals surface area contributed by atoms with Crippen molar-refractivity contribution in [1.82, 2.24) is 9.80 Å². The Labute approximate surface area is 153 Å². The Morgan fingerprint density at radius 3 is 2.77 bits per heavy atom. The first kappa shape index (κ1) is 19.7. The smallest absolute Gasteiger partial charge is 0.256 e. The van der Waals surface area contributed by atoms with Crippen LogP contribution in [-0.2, 0) is 9.59 Å². The summed E-state index contributed by atoms with van der Waals surface area (Å²) in [5.41, 5.74) is 0.762. The molecule has 1 aliphatic rings. The van der Waals surface area contributed by atoms with E-state index in [9.17, 15) is 19.5 Å². The predicted octanol–water partition coefficient (Wildman–Crippen LogP) is 1.26. The van der Waals surface area contributed by atoms with Gasteiger partial charge in [0, 0.05) is 19.6 Å². The minimum atomic E-state index is -0.516. The number of nitrogens with one attached hydrogen (secondary N) is 1. The molecule has 2 rings (SSSR count). The van der Waals surface area contributed by atoms with Crippen molar-refractivity contribution >= 4 is 23.4 Å². The Hall–Kier alpha value is -2.67. The van der Waals surface area contributed by atoms with Crippen LogP contribution in [0.4, 0.5) is 5.69 Å². The normalized spacial score (nSPS) is 16.7. The molecule has 1 unspecified atom stereocenters. The quantitative estimate of drug-likeness (QED) is 0.748. The predicted molar refractivity (Wildman–Crippen MR) is 98.7 cm³/mol. The fourth-order valence-electron chi connectivity index (χ4n) is 2.93.